The third kappa shape index (κ3) is 4.54. The molecule has 0 amide bonds. The average Bonchev–Trinajstić information content (AvgIpc) is 2.58. The van der Waals surface area contributed by atoms with E-state index in [0.717, 1.165) is 38.1 Å². The summed E-state index contributed by atoms with van der Waals surface area (Å²) in [5, 5.41) is 4.13. The first kappa shape index (κ1) is 16.0. The van der Waals surface area contributed by atoms with Crippen LogP contribution in [0.15, 0.2) is 39.5 Å². The zero-order valence-electron chi connectivity index (χ0n) is 13.1. The molecule has 6 heteroatoms. The molecule has 1 N–H and O–H groups in total. The Balaban J connectivity index is 1.43. The van der Waals surface area contributed by atoms with Gasteiger partial charge in [0.2, 0.25) is 0 Å². The second-order valence-electron chi connectivity index (χ2n) is 5.48. The smallest absolute Gasteiger partial charge is 0.339 e. The number of benzene rings is 1. The number of fused-ring (bicyclic) bond motifs is 1. The van der Waals surface area contributed by atoms with Gasteiger partial charge in [-0.3, -0.25) is 4.90 Å². The van der Waals surface area contributed by atoms with Crippen molar-refractivity contribution in [2.45, 2.75) is 0 Å². The summed E-state index contributed by atoms with van der Waals surface area (Å²) in [5.41, 5.74) is 0.132. The molecule has 3 rings (SSSR count). The predicted molar refractivity (Wildman–Crippen MR) is 88.1 cm³/mol. The molecular formula is C17H22N2O4. The van der Waals surface area contributed by atoms with Crippen molar-refractivity contribution in [3.8, 4) is 5.75 Å². The lowest BCUT2D eigenvalue weighted by atomic mass is 10.2. The van der Waals surface area contributed by atoms with E-state index >= 15 is 0 Å². The first-order valence-corrected chi connectivity index (χ1v) is 7.99. The maximum atomic E-state index is 11.5. The van der Waals surface area contributed by atoms with Crippen molar-refractivity contribution in [1.29, 1.82) is 0 Å². The van der Waals surface area contributed by atoms with Gasteiger partial charge in [-0.25, -0.2) is 4.79 Å². The summed E-state index contributed by atoms with van der Waals surface area (Å²) in [4.78, 5) is 13.9. The summed E-state index contributed by atoms with van der Waals surface area (Å²) in [7, 11) is 0. The van der Waals surface area contributed by atoms with Crippen molar-refractivity contribution in [2.75, 3.05) is 52.5 Å². The van der Waals surface area contributed by atoms with Crippen LogP contribution in [0.2, 0.25) is 0 Å². The van der Waals surface area contributed by atoms with Crippen molar-refractivity contribution in [2.24, 2.45) is 0 Å². The third-order valence-corrected chi connectivity index (χ3v) is 3.86. The van der Waals surface area contributed by atoms with Gasteiger partial charge in [-0.2, -0.15) is 0 Å². The molecule has 0 spiro atoms. The largest absolute Gasteiger partial charge is 0.490 e. The van der Waals surface area contributed by atoms with Gasteiger partial charge < -0.3 is 19.2 Å². The van der Waals surface area contributed by atoms with E-state index in [4.69, 9.17) is 13.9 Å². The number of nitrogens with zero attached hydrogens (tertiary/aromatic N) is 1. The van der Waals surface area contributed by atoms with E-state index in [1.54, 1.807) is 6.07 Å². The first-order chi connectivity index (χ1) is 11.3. The van der Waals surface area contributed by atoms with Gasteiger partial charge in [0.05, 0.1) is 24.7 Å². The number of hydrogen-bond acceptors (Lipinski definition) is 6. The Morgan fingerprint density at radius 2 is 1.96 bits per heavy atom. The van der Waals surface area contributed by atoms with Crippen LogP contribution in [0.4, 0.5) is 0 Å². The summed E-state index contributed by atoms with van der Waals surface area (Å²) in [6.45, 7) is 6.80. The van der Waals surface area contributed by atoms with Gasteiger partial charge >= 0.3 is 5.63 Å². The first-order valence-electron chi connectivity index (χ1n) is 7.99. The number of para-hydroxylation sites is 1. The normalized spacial score (nSPS) is 15.8. The van der Waals surface area contributed by atoms with Crippen LogP contribution in [0.5, 0.6) is 5.75 Å². The third-order valence-electron chi connectivity index (χ3n) is 3.86. The average molecular weight is 318 g/mol. The summed E-state index contributed by atoms with van der Waals surface area (Å²) in [6.07, 6.45) is 0. The van der Waals surface area contributed by atoms with Crippen molar-refractivity contribution in [3.63, 3.8) is 0 Å². The van der Waals surface area contributed by atoms with Gasteiger partial charge in [-0.05, 0) is 12.1 Å². The SMILES string of the molecule is O=c1cc(OCCOCCN2CCNCC2)c2ccccc2o1. The fourth-order valence-electron chi connectivity index (χ4n) is 2.64. The standard InChI is InChI=1S/C17H22N2O4/c20-17-13-16(14-3-1-2-4-15(14)23-17)22-12-11-21-10-9-19-7-5-18-6-8-19/h1-4,13,18H,5-12H2. The van der Waals surface area contributed by atoms with Crippen LogP contribution in [0.1, 0.15) is 0 Å². The Hall–Kier alpha value is -1.89. The van der Waals surface area contributed by atoms with Crippen LogP contribution in [-0.4, -0.2) is 57.4 Å². The minimum Gasteiger partial charge on any atom is -0.490 e. The molecule has 1 aromatic heterocycles. The van der Waals surface area contributed by atoms with E-state index in [2.05, 4.69) is 10.2 Å². The zero-order chi connectivity index (χ0) is 15.9. The molecule has 0 bridgehead atoms. The molecule has 1 saturated heterocycles. The highest BCUT2D eigenvalue weighted by Gasteiger charge is 2.09. The summed E-state index contributed by atoms with van der Waals surface area (Å²) < 4.78 is 16.4. The molecular weight excluding hydrogens is 296 g/mol. The minimum absolute atomic E-state index is 0.404. The molecule has 6 nitrogen and oxygen atoms in total. The number of nitrogens with one attached hydrogen (secondary N) is 1. The Labute approximate surface area is 135 Å². The van der Waals surface area contributed by atoms with Crippen LogP contribution in [0, 0.1) is 0 Å². The lowest BCUT2D eigenvalue weighted by Crippen LogP contribution is -2.44. The van der Waals surface area contributed by atoms with Crippen LogP contribution in [-0.2, 0) is 4.74 Å². The molecule has 2 heterocycles. The minimum atomic E-state index is -0.404. The topological polar surface area (TPSA) is 63.9 Å². The Morgan fingerprint density at radius 1 is 1.13 bits per heavy atom. The summed E-state index contributed by atoms with van der Waals surface area (Å²) in [5.74, 6) is 0.544. The maximum Gasteiger partial charge on any atom is 0.339 e. The zero-order valence-corrected chi connectivity index (χ0v) is 13.1. The second kappa shape index (κ2) is 8.10. The summed E-state index contributed by atoms with van der Waals surface area (Å²) in [6, 6.07) is 8.73. The van der Waals surface area contributed by atoms with E-state index in [-0.39, 0.29) is 0 Å². The fourth-order valence-corrected chi connectivity index (χ4v) is 2.64. The molecule has 0 unspecified atom stereocenters. The number of rotatable bonds is 7. The maximum absolute atomic E-state index is 11.5. The molecule has 1 aliphatic rings. The van der Waals surface area contributed by atoms with Crippen LogP contribution in [0.25, 0.3) is 11.0 Å². The van der Waals surface area contributed by atoms with E-state index in [0.29, 0.717) is 31.2 Å². The summed E-state index contributed by atoms with van der Waals surface area (Å²) >= 11 is 0. The van der Waals surface area contributed by atoms with Crippen LogP contribution < -0.4 is 15.7 Å². The molecule has 0 radical (unpaired) electrons. The lowest BCUT2D eigenvalue weighted by molar-refractivity contribution is 0.0770. The Kier molecular flexibility index (Phi) is 5.63. The predicted octanol–water partition coefficient (Wildman–Crippen LogP) is 1.09. The van der Waals surface area contributed by atoms with Crippen LogP contribution in [0.3, 0.4) is 0 Å². The molecule has 124 valence electrons. The lowest BCUT2D eigenvalue weighted by Gasteiger charge is -2.26. The van der Waals surface area contributed by atoms with Gasteiger partial charge in [0, 0.05) is 32.7 Å². The van der Waals surface area contributed by atoms with Crippen molar-refractivity contribution in [1.82, 2.24) is 10.2 Å². The van der Waals surface area contributed by atoms with Crippen molar-refractivity contribution in [3.05, 3.63) is 40.8 Å². The van der Waals surface area contributed by atoms with Crippen molar-refractivity contribution >= 4 is 11.0 Å². The molecule has 0 atom stereocenters. The van der Waals surface area contributed by atoms with E-state index in [1.807, 2.05) is 18.2 Å². The monoisotopic (exact) mass is 318 g/mol. The Morgan fingerprint density at radius 3 is 2.83 bits per heavy atom. The molecule has 0 aliphatic carbocycles. The molecule has 1 aromatic carbocycles. The number of ether oxygens (including phenoxy) is 2. The van der Waals surface area contributed by atoms with Gasteiger partial charge in [0.25, 0.3) is 0 Å². The second-order valence-corrected chi connectivity index (χ2v) is 5.48. The Bertz CT molecular complexity index is 680. The fraction of sp³-hybridized carbons (Fsp3) is 0.471. The molecule has 0 saturated carbocycles. The highest BCUT2D eigenvalue weighted by molar-refractivity contribution is 5.82. The van der Waals surface area contributed by atoms with Gasteiger partial charge in [-0.1, -0.05) is 12.1 Å². The van der Waals surface area contributed by atoms with Gasteiger partial charge in [0.1, 0.15) is 17.9 Å². The molecule has 2 aromatic rings. The quantitative estimate of drug-likeness (QED) is 0.609. The van der Waals surface area contributed by atoms with Gasteiger partial charge in [-0.15, -0.1) is 0 Å². The highest BCUT2D eigenvalue weighted by Crippen LogP contribution is 2.22. The highest BCUT2D eigenvalue weighted by atomic mass is 16.5. The molecule has 23 heavy (non-hydrogen) atoms. The van der Waals surface area contributed by atoms with E-state index < -0.39 is 5.63 Å². The molecule has 1 aliphatic heterocycles. The number of hydrogen-bond donors (Lipinski definition) is 1. The van der Waals surface area contributed by atoms with Crippen molar-refractivity contribution < 1.29 is 13.9 Å². The van der Waals surface area contributed by atoms with Gasteiger partial charge in [0.15, 0.2) is 0 Å². The number of piperazine rings is 1. The van der Waals surface area contributed by atoms with E-state index in [9.17, 15) is 4.79 Å². The van der Waals surface area contributed by atoms with E-state index in [1.165, 1.54) is 6.07 Å². The van der Waals surface area contributed by atoms with Crippen LogP contribution >= 0.6 is 0 Å². The molecule has 1 fully saturated rings.